The van der Waals surface area contributed by atoms with Crippen LogP contribution in [0.3, 0.4) is 0 Å². The van der Waals surface area contributed by atoms with Crippen LogP contribution in [0.2, 0.25) is 0 Å². The van der Waals surface area contributed by atoms with Gasteiger partial charge >= 0.3 is 0 Å². The third-order valence-electron chi connectivity index (χ3n) is 4.56. The molecule has 0 heterocycles. The van der Waals surface area contributed by atoms with E-state index in [0.29, 0.717) is 29.2 Å². The summed E-state index contributed by atoms with van der Waals surface area (Å²) in [6.45, 7) is 1.94. The number of carbonyl (C=O) groups excluding carboxylic acids is 1. The second-order valence-corrected chi connectivity index (χ2v) is 6.03. The molecule has 2 atom stereocenters. The number of ether oxygens (including phenoxy) is 3. The highest BCUT2D eigenvalue weighted by molar-refractivity contribution is 5.98. The summed E-state index contributed by atoms with van der Waals surface area (Å²) in [7, 11) is 4.60. The monoisotopic (exact) mass is 367 g/mol. The minimum atomic E-state index is -0.369. The first-order valence-corrected chi connectivity index (χ1v) is 7.90. The molecular formula is C19H26ClNO4. The van der Waals surface area contributed by atoms with Crippen LogP contribution in [0.25, 0.3) is 0 Å². The summed E-state index contributed by atoms with van der Waals surface area (Å²) >= 11 is 0. The zero-order valence-electron chi connectivity index (χ0n) is 15.1. The van der Waals surface area contributed by atoms with Crippen LogP contribution < -0.4 is 19.9 Å². The summed E-state index contributed by atoms with van der Waals surface area (Å²) in [5.41, 5.74) is 6.33. The largest absolute Gasteiger partial charge is 0.493 e. The fraction of sp³-hybridized carbons (Fsp3) is 0.421. The number of allylic oxidation sites excluding steroid dienone is 3. The Morgan fingerprint density at radius 3 is 2.16 bits per heavy atom. The van der Waals surface area contributed by atoms with E-state index in [4.69, 9.17) is 19.9 Å². The van der Waals surface area contributed by atoms with Crippen molar-refractivity contribution in [1.29, 1.82) is 0 Å². The molecule has 1 aromatic carbocycles. The number of Topliss-reactive ketones (excluding diaryl/α,β-unsaturated/α-hetero) is 1. The Balaban J connectivity index is 0.00000312. The molecule has 1 unspecified atom stereocenters. The predicted molar refractivity (Wildman–Crippen MR) is 101 cm³/mol. The van der Waals surface area contributed by atoms with Gasteiger partial charge in [-0.3, -0.25) is 4.79 Å². The second-order valence-electron chi connectivity index (χ2n) is 6.03. The fourth-order valence-electron chi connectivity index (χ4n) is 2.95. The molecule has 0 fully saturated rings. The minimum absolute atomic E-state index is 0. The van der Waals surface area contributed by atoms with Crippen LogP contribution in [-0.2, 0) is 0 Å². The third kappa shape index (κ3) is 4.35. The summed E-state index contributed by atoms with van der Waals surface area (Å²) < 4.78 is 15.9. The Morgan fingerprint density at radius 2 is 1.76 bits per heavy atom. The molecule has 6 heteroatoms. The maximum absolute atomic E-state index is 12.9. The van der Waals surface area contributed by atoms with Crippen molar-refractivity contribution in [3.63, 3.8) is 0 Å². The van der Waals surface area contributed by atoms with Crippen LogP contribution in [0.5, 0.6) is 17.2 Å². The second kappa shape index (κ2) is 8.92. The van der Waals surface area contributed by atoms with Crippen molar-refractivity contribution in [2.45, 2.75) is 25.8 Å². The Hall–Kier alpha value is -1.98. The van der Waals surface area contributed by atoms with Crippen LogP contribution in [-0.4, -0.2) is 33.2 Å². The van der Waals surface area contributed by atoms with Crippen LogP contribution in [0.4, 0.5) is 0 Å². The lowest BCUT2D eigenvalue weighted by Crippen LogP contribution is -2.40. The van der Waals surface area contributed by atoms with E-state index in [1.165, 1.54) is 21.3 Å². The van der Waals surface area contributed by atoms with Gasteiger partial charge in [-0.25, -0.2) is 0 Å². The zero-order valence-corrected chi connectivity index (χ0v) is 15.9. The molecular weight excluding hydrogens is 342 g/mol. The van der Waals surface area contributed by atoms with E-state index >= 15 is 0 Å². The SMILES string of the molecule is COc1cc(C(=O)CC2([C@@H](C)N)C=CC=CC2)cc(OC)c1OC.Cl. The molecule has 0 saturated heterocycles. The van der Waals surface area contributed by atoms with Crippen LogP contribution in [0, 0.1) is 5.41 Å². The quantitative estimate of drug-likeness (QED) is 0.746. The maximum Gasteiger partial charge on any atom is 0.203 e. The van der Waals surface area contributed by atoms with Crippen molar-refractivity contribution in [2.24, 2.45) is 11.1 Å². The first-order valence-electron chi connectivity index (χ1n) is 7.90. The van der Waals surface area contributed by atoms with Crippen molar-refractivity contribution in [3.8, 4) is 17.2 Å². The number of hydrogen-bond donors (Lipinski definition) is 1. The molecule has 0 amide bonds. The smallest absolute Gasteiger partial charge is 0.203 e. The van der Waals surface area contributed by atoms with Gasteiger partial charge < -0.3 is 19.9 Å². The minimum Gasteiger partial charge on any atom is -0.493 e. The fourth-order valence-corrected chi connectivity index (χ4v) is 2.95. The van der Waals surface area contributed by atoms with Crippen molar-refractivity contribution >= 4 is 18.2 Å². The highest BCUT2D eigenvalue weighted by Gasteiger charge is 2.34. The molecule has 0 radical (unpaired) electrons. The van der Waals surface area contributed by atoms with Gasteiger partial charge in [-0.1, -0.05) is 24.3 Å². The van der Waals surface area contributed by atoms with Gasteiger partial charge in [0.2, 0.25) is 5.75 Å². The summed E-state index contributed by atoms with van der Waals surface area (Å²) in [6.07, 6.45) is 9.08. The van der Waals surface area contributed by atoms with Gasteiger partial charge in [0.25, 0.3) is 0 Å². The van der Waals surface area contributed by atoms with Gasteiger partial charge in [0.1, 0.15) is 0 Å². The summed E-state index contributed by atoms with van der Waals surface area (Å²) in [5, 5.41) is 0. The summed E-state index contributed by atoms with van der Waals surface area (Å²) in [6, 6.07) is 3.23. The maximum atomic E-state index is 12.9. The number of carbonyl (C=O) groups is 1. The third-order valence-corrected chi connectivity index (χ3v) is 4.56. The Bertz CT molecular complexity index is 644. The molecule has 0 bridgehead atoms. The van der Waals surface area contributed by atoms with Crippen LogP contribution >= 0.6 is 12.4 Å². The van der Waals surface area contributed by atoms with E-state index in [-0.39, 0.29) is 29.6 Å². The number of rotatable bonds is 7. The predicted octanol–water partition coefficient (Wildman–Crippen LogP) is 3.56. The van der Waals surface area contributed by atoms with Crippen molar-refractivity contribution in [1.82, 2.24) is 0 Å². The van der Waals surface area contributed by atoms with E-state index in [1.807, 2.05) is 31.2 Å². The molecule has 0 aromatic heterocycles. The Kier molecular flexibility index (Phi) is 7.52. The first-order chi connectivity index (χ1) is 11.5. The number of methoxy groups -OCH3 is 3. The van der Waals surface area contributed by atoms with Crippen molar-refractivity contribution in [3.05, 3.63) is 42.0 Å². The van der Waals surface area contributed by atoms with Gasteiger partial charge in [-0.2, -0.15) is 0 Å². The van der Waals surface area contributed by atoms with Gasteiger partial charge in [-0.15, -0.1) is 12.4 Å². The van der Waals surface area contributed by atoms with Crippen molar-refractivity contribution < 1.29 is 19.0 Å². The molecule has 2 rings (SSSR count). The Morgan fingerprint density at radius 1 is 1.16 bits per heavy atom. The summed E-state index contributed by atoms with van der Waals surface area (Å²) in [5.74, 6) is 1.40. The van der Waals surface area contributed by atoms with Gasteiger partial charge in [0, 0.05) is 23.4 Å². The lowest BCUT2D eigenvalue weighted by Gasteiger charge is -2.34. The first kappa shape index (κ1) is 21.1. The zero-order chi connectivity index (χ0) is 17.7. The number of halogens is 1. The highest BCUT2D eigenvalue weighted by atomic mass is 35.5. The molecule has 0 aliphatic heterocycles. The van der Waals surface area contributed by atoms with Crippen LogP contribution in [0.1, 0.15) is 30.1 Å². The molecule has 0 spiro atoms. The number of benzene rings is 1. The average Bonchev–Trinajstić information content (AvgIpc) is 2.60. The highest BCUT2D eigenvalue weighted by Crippen LogP contribution is 2.40. The molecule has 1 aliphatic carbocycles. The molecule has 138 valence electrons. The topological polar surface area (TPSA) is 70.8 Å². The number of ketones is 1. The lowest BCUT2D eigenvalue weighted by atomic mass is 9.72. The standard InChI is InChI=1S/C19H25NO4.ClH/c1-13(20)19(8-6-5-7-9-19)12-15(21)14-10-16(22-2)18(24-4)17(11-14)23-3;/h5-8,10-11,13H,9,12,20H2,1-4H3;1H/t13-,19?;/m1./s1. The molecule has 5 nitrogen and oxygen atoms in total. The van der Waals surface area contributed by atoms with E-state index in [9.17, 15) is 4.79 Å². The molecule has 0 saturated carbocycles. The van der Waals surface area contributed by atoms with Gasteiger partial charge in [0.15, 0.2) is 17.3 Å². The van der Waals surface area contributed by atoms with E-state index in [0.717, 1.165) is 6.42 Å². The van der Waals surface area contributed by atoms with Crippen LogP contribution in [0.15, 0.2) is 36.4 Å². The van der Waals surface area contributed by atoms with E-state index < -0.39 is 0 Å². The van der Waals surface area contributed by atoms with E-state index in [2.05, 4.69) is 0 Å². The molecule has 2 N–H and O–H groups in total. The lowest BCUT2D eigenvalue weighted by molar-refractivity contribution is 0.0923. The summed E-state index contributed by atoms with van der Waals surface area (Å²) in [4.78, 5) is 12.9. The normalized spacial score (nSPS) is 19.7. The van der Waals surface area contributed by atoms with Crippen molar-refractivity contribution in [2.75, 3.05) is 21.3 Å². The number of hydrogen-bond acceptors (Lipinski definition) is 5. The Labute approximate surface area is 155 Å². The van der Waals surface area contributed by atoms with Gasteiger partial charge in [0.05, 0.1) is 21.3 Å². The molecule has 1 aromatic rings. The van der Waals surface area contributed by atoms with Gasteiger partial charge in [-0.05, 0) is 25.5 Å². The molecule has 25 heavy (non-hydrogen) atoms. The average molecular weight is 368 g/mol. The van der Waals surface area contributed by atoms with E-state index in [1.54, 1.807) is 12.1 Å². The number of nitrogens with two attached hydrogens (primary N) is 1. The molecule has 1 aliphatic rings.